The minimum atomic E-state index is -0.959. The van der Waals surface area contributed by atoms with Crippen molar-refractivity contribution in [1.82, 2.24) is 4.98 Å². The molecule has 0 spiro atoms. The van der Waals surface area contributed by atoms with Crippen molar-refractivity contribution in [2.24, 2.45) is 0 Å². The number of carboxylic acid groups (broad SMARTS) is 1. The number of carbonyl (C=O) groups is 1. The zero-order valence-electron chi connectivity index (χ0n) is 7.77. The molecule has 0 fully saturated rings. The Morgan fingerprint density at radius 1 is 1.64 bits per heavy atom. The molecule has 1 heterocycles. The van der Waals surface area contributed by atoms with Crippen LogP contribution in [0.25, 0.3) is 0 Å². The summed E-state index contributed by atoms with van der Waals surface area (Å²) in [5.41, 5.74) is 0.200. The molecule has 4 nitrogen and oxygen atoms in total. The Kier molecular flexibility index (Phi) is 4.42. The Bertz CT molecular complexity index is 299. The third-order valence-electron chi connectivity index (χ3n) is 1.48. The van der Waals surface area contributed by atoms with Crippen LogP contribution in [0.3, 0.4) is 0 Å². The lowest BCUT2D eigenvalue weighted by atomic mass is 10.3. The van der Waals surface area contributed by atoms with E-state index in [0.29, 0.717) is 12.5 Å². The standard InChI is InChI=1S/C9H11NO3S/c1-2-13-6-14-8-4-3-7(5-10-8)9(11)12/h3-5H,2,6H2,1H3,(H,11,12). The van der Waals surface area contributed by atoms with Crippen molar-refractivity contribution < 1.29 is 14.6 Å². The summed E-state index contributed by atoms with van der Waals surface area (Å²) in [4.78, 5) is 14.5. The highest BCUT2D eigenvalue weighted by Gasteiger charge is 2.02. The molecular weight excluding hydrogens is 202 g/mol. The van der Waals surface area contributed by atoms with E-state index >= 15 is 0 Å². The quantitative estimate of drug-likeness (QED) is 0.459. The predicted molar refractivity (Wildman–Crippen MR) is 53.5 cm³/mol. The molecule has 0 unspecified atom stereocenters. The van der Waals surface area contributed by atoms with Gasteiger partial charge in [-0.1, -0.05) is 11.8 Å². The molecule has 0 aliphatic rings. The lowest BCUT2D eigenvalue weighted by Gasteiger charge is -2.00. The molecular formula is C9H11NO3S. The van der Waals surface area contributed by atoms with Gasteiger partial charge in [0, 0.05) is 12.8 Å². The second kappa shape index (κ2) is 5.62. The lowest BCUT2D eigenvalue weighted by molar-refractivity contribution is 0.0696. The summed E-state index contributed by atoms with van der Waals surface area (Å²) < 4.78 is 5.12. The fourth-order valence-corrected chi connectivity index (χ4v) is 1.44. The number of thioether (sulfide) groups is 1. The molecule has 0 bridgehead atoms. The molecule has 1 rings (SSSR count). The molecule has 0 radical (unpaired) electrons. The van der Waals surface area contributed by atoms with E-state index in [4.69, 9.17) is 9.84 Å². The molecule has 0 atom stereocenters. The fourth-order valence-electron chi connectivity index (χ4n) is 0.778. The van der Waals surface area contributed by atoms with Gasteiger partial charge in [0.25, 0.3) is 0 Å². The van der Waals surface area contributed by atoms with Gasteiger partial charge in [-0.05, 0) is 19.1 Å². The molecule has 0 aliphatic carbocycles. The molecule has 0 saturated carbocycles. The van der Waals surface area contributed by atoms with Crippen LogP contribution in [-0.2, 0) is 4.74 Å². The Labute approximate surface area is 86.3 Å². The van der Waals surface area contributed by atoms with Gasteiger partial charge in [-0.15, -0.1) is 0 Å². The summed E-state index contributed by atoms with van der Waals surface area (Å²) in [6, 6.07) is 3.21. The minimum absolute atomic E-state index is 0.200. The average Bonchev–Trinajstić information content (AvgIpc) is 2.19. The van der Waals surface area contributed by atoms with Gasteiger partial charge >= 0.3 is 5.97 Å². The minimum Gasteiger partial charge on any atom is -0.478 e. The first-order valence-electron chi connectivity index (χ1n) is 4.14. The number of pyridine rings is 1. The molecule has 0 saturated heterocycles. The summed E-state index contributed by atoms with van der Waals surface area (Å²) in [6.45, 7) is 2.59. The normalized spacial score (nSPS) is 10.1. The van der Waals surface area contributed by atoms with E-state index in [1.807, 2.05) is 6.92 Å². The first-order valence-corrected chi connectivity index (χ1v) is 5.12. The number of hydrogen-bond donors (Lipinski definition) is 1. The maximum atomic E-state index is 10.5. The molecule has 0 aliphatic heterocycles. The van der Waals surface area contributed by atoms with Crippen LogP contribution in [0, 0.1) is 0 Å². The molecule has 0 aromatic carbocycles. The number of carboxylic acids is 1. The van der Waals surface area contributed by atoms with E-state index in [2.05, 4.69) is 4.98 Å². The van der Waals surface area contributed by atoms with Crippen molar-refractivity contribution in [3.63, 3.8) is 0 Å². The molecule has 0 amide bonds. The van der Waals surface area contributed by atoms with Crippen LogP contribution < -0.4 is 0 Å². The zero-order valence-corrected chi connectivity index (χ0v) is 8.58. The fraction of sp³-hybridized carbons (Fsp3) is 0.333. The van der Waals surface area contributed by atoms with Crippen molar-refractivity contribution in [3.8, 4) is 0 Å². The van der Waals surface area contributed by atoms with Gasteiger partial charge in [0.05, 0.1) is 16.5 Å². The van der Waals surface area contributed by atoms with Crippen LogP contribution in [0.15, 0.2) is 23.4 Å². The summed E-state index contributed by atoms with van der Waals surface area (Å²) in [7, 11) is 0. The highest BCUT2D eigenvalue weighted by atomic mass is 32.2. The number of rotatable bonds is 5. The first-order chi connectivity index (χ1) is 6.74. The molecule has 76 valence electrons. The monoisotopic (exact) mass is 213 g/mol. The van der Waals surface area contributed by atoms with Crippen molar-refractivity contribution in [2.45, 2.75) is 11.9 Å². The van der Waals surface area contributed by atoms with E-state index in [0.717, 1.165) is 5.03 Å². The summed E-state index contributed by atoms with van der Waals surface area (Å²) in [5, 5.41) is 9.39. The van der Waals surface area contributed by atoms with Gasteiger partial charge in [0.15, 0.2) is 0 Å². The van der Waals surface area contributed by atoms with Gasteiger partial charge in [-0.25, -0.2) is 9.78 Å². The van der Waals surface area contributed by atoms with Crippen LogP contribution in [-0.4, -0.2) is 28.6 Å². The smallest absolute Gasteiger partial charge is 0.337 e. The second-order valence-electron chi connectivity index (χ2n) is 2.45. The SMILES string of the molecule is CCOCSc1ccc(C(=O)O)cn1. The van der Waals surface area contributed by atoms with Gasteiger partial charge in [0.1, 0.15) is 0 Å². The summed E-state index contributed by atoms with van der Waals surface area (Å²) in [6.07, 6.45) is 1.34. The first kappa shape index (κ1) is 11.0. The lowest BCUT2D eigenvalue weighted by Crippen LogP contribution is -1.97. The number of aromatic carboxylic acids is 1. The predicted octanol–water partition coefficient (Wildman–Crippen LogP) is 1.87. The Balaban J connectivity index is 2.51. The summed E-state index contributed by atoms with van der Waals surface area (Å²) in [5.74, 6) is -0.422. The highest BCUT2D eigenvalue weighted by Crippen LogP contribution is 2.15. The molecule has 1 N–H and O–H groups in total. The maximum Gasteiger partial charge on any atom is 0.337 e. The third-order valence-corrected chi connectivity index (χ3v) is 2.30. The Morgan fingerprint density at radius 3 is 2.93 bits per heavy atom. The highest BCUT2D eigenvalue weighted by molar-refractivity contribution is 7.99. The molecule has 14 heavy (non-hydrogen) atoms. The zero-order chi connectivity index (χ0) is 10.4. The van der Waals surface area contributed by atoms with E-state index in [-0.39, 0.29) is 5.56 Å². The van der Waals surface area contributed by atoms with Gasteiger partial charge in [-0.2, -0.15) is 0 Å². The largest absolute Gasteiger partial charge is 0.478 e. The van der Waals surface area contributed by atoms with E-state index in [1.165, 1.54) is 24.0 Å². The van der Waals surface area contributed by atoms with Crippen LogP contribution >= 0.6 is 11.8 Å². The average molecular weight is 213 g/mol. The van der Waals surface area contributed by atoms with E-state index in [9.17, 15) is 4.79 Å². The Hall–Kier alpha value is -1.07. The van der Waals surface area contributed by atoms with E-state index < -0.39 is 5.97 Å². The number of ether oxygens (including phenoxy) is 1. The van der Waals surface area contributed by atoms with Crippen LogP contribution in [0.4, 0.5) is 0 Å². The van der Waals surface area contributed by atoms with E-state index in [1.54, 1.807) is 6.07 Å². The van der Waals surface area contributed by atoms with Crippen molar-refractivity contribution >= 4 is 17.7 Å². The summed E-state index contributed by atoms with van der Waals surface area (Å²) >= 11 is 1.44. The van der Waals surface area contributed by atoms with Crippen molar-refractivity contribution in [3.05, 3.63) is 23.9 Å². The van der Waals surface area contributed by atoms with Gasteiger partial charge < -0.3 is 9.84 Å². The third kappa shape index (κ3) is 3.35. The van der Waals surface area contributed by atoms with Crippen LogP contribution in [0.1, 0.15) is 17.3 Å². The van der Waals surface area contributed by atoms with Crippen LogP contribution in [0.2, 0.25) is 0 Å². The van der Waals surface area contributed by atoms with Crippen molar-refractivity contribution in [1.29, 1.82) is 0 Å². The van der Waals surface area contributed by atoms with Gasteiger partial charge in [-0.3, -0.25) is 0 Å². The number of aromatic nitrogens is 1. The topological polar surface area (TPSA) is 59.4 Å². The molecule has 1 aromatic heterocycles. The maximum absolute atomic E-state index is 10.5. The van der Waals surface area contributed by atoms with Gasteiger partial charge in [0.2, 0.25) is 0 Å². The molecule has 1 aromatic rings. The van der Waals surface area contributed by atoms with Crippen molar-refractivity contribution in [2.75, 3.05) is 12.5 Å². The van der Waals surface area contributed by atoms with Crippen LogP contribution in [0.5, 0.6) is 0 Å². The number of hydrogen-bond acceptors (Lipinski definition) is 4. The Morgan fingerprint density at radius 2 is 2.43 bits per heavy atom. The molecule has 5 heteroatoms. The number of nitrogens with zero attached hydrogens (tertiary/aromatic N) is 1. The second-order valence-corrected chi connectivity index (χ2v) is 3.39.